The van der Waals surface area contributed by atoms with E-state index in [4.69, 9.17) is 0 Å². The highest BCUT2D eigenvalue weighted by molar-refractivity contribution is 5.40. The SMILES string of the molecule is C=CC1CCCc2ccc(O)cc21. The van der Waals surface area contributed by atoms with E-state index in [0.29, 0.717) is 11.7 Å². The summed E-state index contributed by atoms with van der Waals surface area (Å²) in [4.78, 5) is 0. The Morgan fingerprint density at radius 1 is 1.46 bits per heavy atom. The second kappa shape index (κ2) is 3.25. The quantitative estimate of drug-likeness (QED) is 0.649. The van der Waals surface area contributed by atoms with Crippen LogP contribution in [0.5, 0.6) is 5.75 Å². The number of aryl methyl sites for hydroxylation is 1. The molecule has 68 valence electrons. The van der Waals surface area contributed by atoms with Crippen molar-refractivity contribution in [3.8, 4) is 5.75 Å². The molecule has 0 bridgehead atoms. The van der Waals surface area contributed by atoms with Crippen molar-refractivity contribution in [1.29, 1.82) is 0 Å². The molecule has 0 saturated heterocycles. The van der Waals surface area contributed by atoms with Gasteiger partial charge in [-0.05, 0) is 42.5 Å². The summed E-state index contributed by atoms with van der Waals surface area (Å²) >= 11 is 0. The summed E-state index contributed by atoms with van der Waals surface area (Å²) in [5.74, 6) is 0.809. The number of phenolic OH excluding ortho intramolecular Hbond substituents is 1. The van der Waals surface area contributed by atoms with Gasteiger partial charge in [-0.3, -0.25) is 0 Å². The molecule has 0 aliphatic heterocycles. The van der Waals surface area contributed by atoms with Gasteiger partial charge in [-0.25, -0.2) is 0 Å². The van der Waals surface area contributed by atoms with Gasteiger partial charge in [0.25, 0.3) is 0 Å². The Morgan fingerprint density at radius 3 is 3.08 bits per heavy atom. The number of fused-ring (bicyclic) bond motifs is 1. The fourth-order valence-electron chi connectivity index (χ4n) is 2.07. The van der Waals surface area contributed by atoms with Crippen LogP contribution >= 0.6 is 0 Å². The minimum Gasteiger partial charge on any atom is -0.508 e. The molecule has 2 rings (SSSR count). The number of hydrogen-bond donors (Lipinski definition) is 1. The molecule has 0 aromatic heterocycles. The lowest BCUT2D eigenvalue weighted by atomic mass is 9.83. The van der Waals surface area contributed by atoms with Crippen molar-refractivity contribution in [3.05, 3.63) is 42.0 Å². The average molecular weight is 174 g/mol. The zero-order chi connectivity index (χ0) is 9.26. The van der Waals surface area contributed by atoms with Crippen LogP contribution in [-0.4, -0.2) is 5.11 Å². The predicted octanol–water partition coefficient (Wildman–Crippen LogP) is 3.00. The average Bonchev–Trinajstić information content (AvgIpc) is 2.17. The first-order chi connectivity index (χ1) is 6.31. The predicted molar refractivity (Wildman–Crippen MR) is 54.0 cm³/mol. The molecule has 0 heterocycles. The standard InChI is InChI=1S/C12H14O/c1-2-9-4-3-5-10-6-7-11(13)8-12(9)10/h2,6-9,13H,1,3-5H2. The highest BCUT2D eigenvalue weighted by Gasteiger charge is 2.17. The number of rotatable bonds is 1. The van der Waals surface area contributed by atoms with E-state index in [2.05, 4.69) is 6.58 Å². The Kier molecular flexibility index (Phi) is 2.09. The molecule has 0 saturated carbocycles. The molecule has 0 fully saturated rings. The molecule has 1 unspecified atom stereocenters. The van der Waals surface area contributed by atoms with Crippen LogP contribution in [0.3, 0.4) is 0 Å². The first-order valence-electron chi connectivity index (χ1n) is 4.75. The zero-order valence-corrected chi connectivity index (χ0v) is 7.66. The topological polar surface area (TPSA) is 20.2 Å². The highest BCUT2D eigenvalue weighted by Crippen LogP contribution is 2.34. The van der Waals surface area contributed by atoms with E-state index in [9.17, 15) is 5.11 Å². The van der Waals surface area contributed by atoms with E-state index in [-0.39, 0.29) is 0 Å². The summed E-state index contributed by atoms with van der Waals surface area (Å²) < 4.78 is 0. The monoisotopic (exact) mass is 174 g/mol. The molecule has 1 heteroatoms. The molecule has 1 aliphatic rings. The van der Waals surface area contributed by atoms with Crippen molar-refractivity contribution in [2.75, 3.05) is 0 Å². The van der Waals surface area contributed by atoms with Gasteiger partial charge in [-0.2, -0.15) is 0 Å². The third kappa shape index (κ3) is 1.46. The largest absolute Gasteiger partial charge is 0.508 e. The molecule has 1 atom stereocenters. The van der Waals surface area contributed by atoms with Crippen LogP contribution in [0.4, 0.5) is 0 Å². The Balaban J connectivity index is 2.47. The molecule has 0 spiro atoms. The first kappa shape index (κ1) is 8.36. The summed E-state index contributed by atoms with van der Waals surface area (Å²) in [5, 5.41) is 9.37. The lowest BCUT2D eigenvalue weighted by molar-refractivity contribution is 0.472. The fraction of sp³-hybridized carbons (Fsp3) is 0.333. The third-order valence-corrected chi connectivity index (χ3v) is 2.77. The molecule has 13 heavy (non-hydrogen) atoms. The van der Waals surface area contributed by atoms with Crippen molar-refractivity contribution in [2.24, 2.45) is 0 Å². The molecule has 1 aliphatic carbocycles. The third-order valence-electron chi connectivity index (χ3n) is 2.77. The minimum atomic E-state index is 0.368. The Bertz CT molecular complexity index is 328. The van der Waals surface area contributed by atoms with Crippen molar-refractivity contribution in [3.63, 3.8) is 0 Å². The van der Waals surface area contributed by atoms with E-state index in [1.165, 1.54) is 24.0 Å². The summed E-state index contributed by atoms with van der Waals surface area (Å²) in [7, 11) is 0. The van der Waals surface area contributed by atoms with Crippen LogP contribution in [0.25, 0.3) is 0 Å². The lowest BCUT2D eigenvalue weighted by Gasteiger charge is -2.22. The van der Waals surface area contributed by atoms with Crippen molar-refractivity contribution in [1.82, 2.24) is 0 Å². The fourth-order valence-corrected chi connectivity index (χ4v) is 2.07. The Morgan fingerprint density at radius 2 is 2.31 bits per heavy atom. The summed E-state index contributed by atoms with van der Waals surface area (Å²) in [6, 6.07) is 5.67. The van der Waals surface area contributed by atoms with Crippen LogP contribution in [0.1, 0.15) is 29.9 Å². The maximum atomic E-state index is 9.37. The van der Waals surface area contributed by atoms with Crippen molar-refractivity contribution < 1.29 is 5.11 Å². The minimum absolute atomic E-state index is 0.368. The number of aromatic hydroxyl groups is 1. The van der Waals surface area contributed by atoms with E-state index in [1.54, 1.807) is 6.07 Å². The van der Waals surface area contributed by atoms with Crippen molar-refractivity contribution in [2.45, 2.75) is 25.2 Å². The van der Waals surface area contributed by atoms with Crippen molar-refractivity contribution >= 4 is 0 Å². The first-order valence-corrected chi connectivity index (χ1v) is 4.75. The Hall–Kier alpha value is -1.24. The summed E-state index contributed by atoms with van der Waals surface area (Å²) in [5.41, 5.74) is 2.63. The molecular weight excluding hydrogens is 160 g/mol. The van der Waals surface area contributed by atoms with Crippen LogP contribution < -0.4 is 0 Å². The smallest absolute Gasteiger partial charge is 0.115 e. The number of phenols is 1. The second-order valence-corrected chi connectivity index (χ2v) is 3.62. The molecule has 0 radical (unpaired) electrons. The van der Waals surface area contributed by atoms with Gasteiger partial charge in [-0.1, -0.05) is 12.1 Å². The molecular formula is C12H14O. The maximum absolute atomic E-state index is 9.37. The highest BCUT2D eigenvalue weighted by atomic mass is 16.3. The molecule has 1 N–H and O–H groups in total. The second-order valence-electron chi connectivity index (χ2n) is 3.62. The van der Waals surface area contributed by atoms with Gasteiger partial charge in [0.2, 0.25) is 0 Å². The van der Waals surface area contributed by atoms with Gasteiger partial charge >= 0.3 is 0 Å². The normalized spacial score (nSPS) is 20.8. The van der Waals surface area contributed by atoms with Gasteiger partial charge in [0.05, 0.1) is 0 Å². The van der Waals surface area contributed by atoms with E-state index in [0.717, 1.165) is 6.42 Å². The molecule has 1 aromatic rings. The lowest BCUT2D eigenvalue weighted by Crippen LogP contribution is -2.07. The van der Waals surface area contributed by atoms with E-state index < -0.39 is 0 Å². The van der Waals surface area contributed by atoms with Crippen LogP contribution in [-0.2, 0) is 6.42 Å². The van der Waals surface area contributed by atoms with Gasteiger partial charge in [0, 0.05) is 5.92 Å². The van der Waals surface area contributed by atoms with Crippen LogP contribution in [0, 0.1) is 0 Å². The van der Waals surface area contributed by atoms with E-state index in [1.807, 2.05) is 18.2 Å². The van der Waals surface area contributed by atoms with Gasteiger partial charge in [-0.15, -0.1) is 6.58 Å². The Labute approximate surface area is 78.7 Å². The molecule has 1 nitrogen and oxygen atoms in total. The van der Waals surface area contributed by atoms with Crippen LogP contribution in [0.15, 0.2) is 30.9 Å². The zero-order valence-electron chi connectivity index (χ0n) is 7.66. The van der Waals surface area contributed by atoms with E-state index >= 15 is 0 Å². The van der Waals surface area contributed by atoms with Gasteiger partial charge in [0.1, 0.15) is 5.75 Å². The number of allylic oxidation sites excluding steroid dienone is 1. The number of benzene rings is 1. The molecule has 1 aromatic carbocycles. The summed E-state index contributed by atoms with van der Waals surface area (Å²) in [6.45, 7) is 3.83. The number of hydrogen-bond acceptors (Lipinski definition) is 1. The van der Waals surface area contributed by atoms with Gasteiger partial charge in [0.15, 0.2) is 0 Å². The molecule has 0 amide bonds. The van der Waals surface area contributed by atoms with Gasteiger partial charge < -0.3 is 5.11 Å². The summed E-state index contributed by atoms with van der Waals surface area (Å²) in [6.07, 6.45) is 5.52. The maximum Gasteiger partial charge on any atom is 0.115 e. The van der Waals surface area contributed by atoms with Crippen LogP contribution in [0.2, 0.25) is 0 Å².